The van der Waals surface area contributed by atoms with Crippen LogP contribution in [0.5, 0.6) is 0 Å². The van der Waals surface area contributed by atoms with Crippen LogP contribution in [-0.2, 0) is 17.6 Å². The molecule has 3 N–H and O–H groups in total. The van der Waals surface area contributed by atoms with Gasteiger partial charge in [0.25, 0.3) is 5.91 Å². The molecule has 0 saturated carbocycles. The smallest absolute Gasteiger partial charge is 0.341 e. The van der Waals surface area contributed by atoms with Gasteiger partial charge in [-0.2, -0.15) is 0 Å². The monoisotopic (exact) mass is 477 g/mol. The first-order valence-corrected chi connectivity index (χ1v) is 12.6. The topological polar surface area (TPSA) is 94.3 Å². The minimum Gasteiger partial charge on any atom is -0.462 e. The van der Waals surface area contributed by atoms with Gasteiger partial charge in [-0.05, 0) is 49.8 Å². The van der Waals surface area contributed by atoms with Crippen LogP contribution in [0.2, 0.25) is 0 Å². The number of nitrogens with one attached hydrogen (secondary N) is 1. The molecule has 0 saturated heterocycles. The number of amides is 1. The molecule has 0 spiro atoms. The number of esters is 1. The van der Waals surface area contributed by atoms with Crippen LogP contribution in [-0.4, -0.2) is 23.5 Å². The fourth-order valence-corrected chi connectivity index (χ4v) is 6.12. The highest BCUT2D eigenvalue weighted by atomic mass is 32.1. The standard InChI is InChI=1S/C25H23N3O3S2/c1-2-31-25(30)19-17(14-8-4-3-5-9-14)13-32-24(19)28-22(29)21-20(26)16-12-15-10-6-7-11-18(15)27-23(16)33-21/h3-5,8-9,12-13H,2,6-7,10-11,26H2,1H3,(H,28,29). The Morgan fingerprint density at radius 1 is 1.18 bits per heavy atom. The van der Waals surface area contributed by atoms with Crippen LogP contribution in [0.4, 0.5) is 10.7 Å². The van der Waals surface area contributed by atoms with E-state index in [1.54, 1.807) is 6.92 Å². The molecule has 5 rings (SSSR count). The number of hydrogen-bond acceptors (Lipinski definition) is 7. The summed E-state index contributed by atoms with van der Waals surface area (Å²) in [7, 11) is 0. The van der Waals surface area contributed by atoms with Gasteiger partial charge in [0.05, 0.1) is 12.3 Å². The number of aryl methyl sites for hydroxylation is 2. The van der Waals surface area contributed by atoms with Gasteiger partial charge >= 0.3 is 5.97 Å². The zero-order valence-electron chi connectivity index (χ0n) is 18.1. The molecule has 8 heteroatoms. The summed E-state index contributed by atoms with van der Waals surface area (Å²) in [5, 5.41) is 6.04. The average Bonchev–Trinajstić information content (AvgIpc) is 3.39. The molecule has 4 aromatic rings. The number of aromatic nitrogens is 1. The summed E-state index contributed by atoms with van der Waals surface area (Å²) in [4.78, 5) is 32.0. The molecular weight excluding hydrogens is 454 g/mol. The maximum Gasteiger partial charge on any atom is 0.341 e. The first-order valence-electron chi connectivity index (χ1n) is 10.9. The van der Waals surface area contributed by atoms with Crippen molar-refractivity contribution in [2.24, 2.45) is 0 Å². The lowest BCUT2D eigenvalue weighted by Gasteiger charge is -2.14. The van der Waals surface area contributed by atoms with E-state index in [-0.39, 0.29) is 12.5 Å². The van der Waals surface area contributed by atoms with Gasteiger partial charge in [-0.15, -0.1) is 22.7 Å². The number of benzene rings is 1. The number of anilines is 2. The summed E-state index contributed by atoms with van der Waals surface area (Å²) in [6.45, 7) is 2.01. The van der Waals surface area contributed by atoms with E-state index in [2.05, 4.69) is 11.4 Å². The highest BCUT2D eigenvalue weighted by Crippen LogP contribution is 2.39. The van der Waals surface area contributed by atoms with E-state index in [4.69, 9.17) is 15.5 Å². The summed E-state index contributed by atoms with van der Waals surface area (Å²) in [6.07, 6.45) is 4.25. The molecule has 1 aliphatic carbocycles. The Bertz CT molecular complexity index is 1360. The third-order valence-corrected chi connectivity index (χ3v) is 7.80. The maximum absolute atomic E-state index is 13.3. The SMILES string of the molecule is CCOC(=O)c1c(-c2ccccc2)csc1NC(=O)c1sc2nc3c(cc2c1N)CCCC3. The third-order valence-electron chi connectivity index (χ3n) is 5.79. The number of ether oxygens (including phenoxy) is 1. The molecule has 168 valence electrons. The van der Waals surface area contributed by atoms with Crippen LogP contribution < -0.4 is 11.1 Å². The Morgan fingerprint density at radius 2 is 1.97 bits per heavy atom. The second-order valence-electron chi connectivity index (χ2n) is 7.89. The Morgan fingerprint density at radius 3 is 2.76 bits per heavy atom. The molecule has 0 fully saturated rings. The van der Waals surface area contributed by atoms with Gasteiger partial charge in [0.15, 0.2) is 0 Å². The summed E-state index contributed by atoms with van der Waals surface area (Å²) in [6, 6.07) is 11.7. The number of carbonyl (C=O) groups excluding carboxylic acids is 2. The van der Waals surface area contributed by atoms with Crippen LogP contribution >= 0.6 is 22.7 Å². The van der Waals surface area contributed by atoms with Crippen molar-refractivity contribution >= 4 is 55.5 Å². The van der Waals surface area contributed by atoms with Crippen LogP contribution in [0.25, 0.3) is 21.3 Å². The van der Waals surface area contributed by atoms with Crippen molar-refractivity contribution < 1.29 is 14.3 Å². The first-order chi connectivity index (χ1) is 16.1. The molecule has 1 aliphatic rings. The molecule has 6 nitrogen and oxygen atoms in total. The van der Waals surface area contributed by atoms with Crippen molar-refractivity contribution in [1.82, 2.24) is 4.98 Å². The lowest BCUT2D eigenvalue weighted by molar-refractivity contribution is 0.0529. The van der Waals surface area contributed by atoms with E-state index < -0.39 is 5.97 Å². The minimum atomic E-state index is -0.466. The Balaban J connectivity index is 1.51. The zero-order valence-corrected chi connectivity index (χ0v) is 19.8. The number of nitrogen functional groups attached to an aromatic ring is 1. The van der Waals surface area contributed by atoms with E-state index in [1.165, 1.54) is 28.2 Å². The summed E-state index contributed by atoms with van der Waals surface area (Å²) >= 11 is 2.59. The average molecular weight is 478 g/mol. The number of thiophene rings is 2. The van der Waals surface area contributed by atoms with Crippen molar-refractivity contribution in [1.29, 1.82) is 0 Å². The highest BCUT2D eigenvalue weighted by molar-refractivity contribution is 7.21. The largest absolute Gasteiger partial charge is 0.462 e. The molecule has 1 amide bonds. The Labute approximate surface area is 199 Å². The number of nitrogens with zero attached hydrogens (tertiary/aromatic N) is 1. The number of nitrogens with two attached hydrogens (primary N) is 1. The van der Waals surface area contributed by atoms with Crippen LogP contribution in [0.1, 0.15) is 51.1 Å². The third kappa shape index (κ3) is 4.00. The number of carbonyl (C=O) groups is 2. The summed E-state index contributed by atoms with van der Waals surface area (Å²) in [5.41, 5.74) is 11.1. The zero-order chi connectivity index (χ0) is 22.9. The van der Waals surface area contributed by atoms with Gasteiger partial charge in [0.2, 0.25) is 0 Å². The Hall–Kier alpha value is -3.23. The predicted octanol–water partition coefficient (Wildman–Crippen LogP) is 5.91. The number of hydrogen-bond donors (Lipinski definition) is 2. The van der Waals surface area contributed by atoms with Crippen LogP contribution in [0.3, 0.4) is 0 Å². The van der Waals surface area contributed by atoms with Crippen molar-refractivity contribution in [3.05, 3.63) is 63.5 Å². The van der Waals surface area contributed by atoms with E-state index in [0.29, 0.717) is 21.1 Å². The van der Waals surface area contributed by atoms with Crippen molar-refractivity contribution in [3.63, 3.8) is 0 Å². The molecule has 0 bridgehead atoms. The minimum absolute atomic E-state index is 0.246. The van der Waals surface area contributed by atoms with E-state index in [1.807, 2.05) is 35.7 Å². The number of fused-ring (bicyclic) bond motifs is 2. The molecule has 33 heavy (non-hydrogen) atoms. The molecule has 0 aliphatic heterocycles. The summed E-state index contributed by atoms with van der Waals surface area (Å²) in [5.74, 6) is -0.813. The molecule has 3 heterocycles. The highest BCUT2D eigenvalue weighted by Gasteiger charge is 2.25. The lowest BCUT2D eigenvalue weighted by Crippen LogP contribution is -2.14. The fourth-order valence-electron chi connectivity index (χ4n) is 4.17. The number of rotatable bonds is 5. The molecule has 0 radical (unpaired) electrons. The van der Waals surface area contributed by atoms with Crippen LogP contribution in [0.15, 0.2) is 41.8 Å². The summed E-state index contributed by atoms with van der Waals surface area (Å²) < 4.78 is 5.29. The maximum atomic E-state index is 13.3. The van der Waals surface area contributed by atoms with Gasteiger partial charge in [-0.3, -0.25) is 4.79 Å². The Kier molecular flexibility index (Phi) is 5.86. The van der Waals surface area contributed by atoms with Gasteiger partial charge < -0.3 is 15.8 Å². The van der Waals surface area contributed by atoms with Crippen molar-refractivity contribution in [2.75, 3.05) is 17.7 Å². The molecule has 1 aromatic carbocycles. The second-order valence-corrected chi connectivity index (χ2v) is 9.77. The number of pyridine rings is 1. The van der Waals surface area contributed by atoms with Gasteiger partial charge in [0.1, 0.15) is 20.3 Å². The van der Waals surface area contributed by atoms with Gasteiger partial charge in [-0.25, -0.2) is 9.78 Å². The first kappa shape index (κ1) is 21.6. The normalized spacial score (nSPS) is 13.0. The fraction of sp³-hybridized carbons (Fsp3) is 0.240. The molecule has 0 atom stereocenters. The quantitative estimate of drug-likeness (QED) is 0.348. The van der Waals surface area contributed by atoms with E-state index in [9.17, 15) is 9.59 Å². The van der Waals surface area contributed by atoms with E-state index in [0.717, 1.165) is 52.7 Å². The molecule has 0 unspecified atom stereocenters. The van der Waals surface area contributed by atoms with Gasteiger partial charge in [-0.1, -0.05) is 30.3 Å². The molecular formula is C25H23N3O3S2. The van der Waals surface area contributed by atoms with E-state index >= 15 is 0 Å². The van der Waals surface area contributed by atoms with Crippen LogP contribution in [0, 0.1) is 0 Å². The van der Waals surface area contributed by atoms with Gasteiger partial charge in [0, 0.05) is 22.0 Å². The lowest BCUT2D eigenvalue weighted by atomic mass is 9.95. The second kappa shape index (κ2) is 8.96. The predicted molar refractivity (Wildman–Crippen MR) is 134 cm³/mol. The molecule has 3 aromatic heterocycles. The van der Waals surface area contributed by atoms with Crippen molar-refractivity contribution in [3.8, 4) is 11.1 Å². The van der Waals surface area contributed by atoms with Crippen molar-refractivity contribution in [2.45, 2.75) is 32.6 Å².